The highest BCUT2D eigenvalue weighted by Gasteiger charge is 2.26. The first-order chi connectivity index (χ1) is 14.1. The van der Waals surface area contributed by atoms with Crippen molar-refractivity contribution in [1.82, 2.24) is 0 Å². The summed E-state index contributed by atoms with van der Waals surface area (Å²) < 4.78 is 10.9. The standard InChI is InChI=1S/C23H23NO4S/c1-14-15(13-16-7-3-5-9-18(16)28-14)11-12-20(25)24-22-21(23(26)27-2)17-8-4-6-10-19(17)29-22/h3,5,7,9,11-14H,4,6,8,10H2,1-2H3,(H,24,25)/b12-11+. The first-order valence-electron chi connectivity index (χ1n) is 9.76. The van der Waals surface area contributed by atoms with Gasteiger partial charge in [0, 0.05) is 16.5 Å². The molecule has 2 heterocycles. The number of ether oxygens (including phenoxy) is 2. The molecule has 1 aromatic carbocycles. The summed E-state index contributed by atoms with van der Waals surface area (Å²) in [5.74, 6) is 0.173. The summed E-state index contributed by atoms with van der Waals surface area (Å²) in [6.07, 6.45) is 9.08. The smallest absolute Gasteiger partial charge is 0.341 e. The Morgan fingerprint density at radius 3 is 2.86 bits per heavy atom. The van der Waals surface area contributed by atoms with Crippen molar-refractivity contribution in [2.24, 2.45) is 0 Å². The lowest BCUT2D eigenvalue weighted by molar-refractivity contribution is -0.111. The monoisotopic (exact) mass is 409 g/mol. The van der Waals surface area contributed by atoms with Crippen molar-refractivity contribution < 1.29 is 19.1 Å². The number of carbonyl (C=O) groups is 2. The zero-order valence-electron chi connectivity index (χ0n) is 16.5. The van der Waals surface area contributed by atoms with Crippen LogP contribution in [0.4, 0.5) is 5.00 Å². The van der Waals surface area contributed by atoms with Crippen LogP contribution < -0.4 is 10.1 Å². The van der Waals surface area contributed by atoms with E-state index in [0.29, 0.717) is 10.6 Å². The lowest BCUT2D eigenvalue weighted by atomic mass is 9.95. The van der Waals surface area contributed by atoms with E-state index in [1.165, 1.54) is 29.4 Å². The van der Waals surface area contributed by atoms with Gasteiger partial charge in [-0.05, 0) is 62.0 Å². The Balaban J connectivity index is 1.54. The highest BCUT2D eigenvalue weighted by Crippen LogP contribution is 2.38. The fraction of sp³-hybridized carbons (Fsp3) is 0.304. The molecule has 0 bridgehead atoms. The highest BCUT2D eigenvalue weighted by molar-refractivity contribution is 7.17. The maximum absolute atomic E-state index is 12.6. The lowest BCUT2D eigenvalue weighted by Gasteiger charge is -2.22. The van der Waals surface area contributed by atoms with E-state index in [1.807, 2.05) is 37.3 Å². The molecule has 0 saturated carbocycles. The third-order valence-electron chi connectivity index (χ3n) is 5.24. The molecule has 1 unspecified atom stereocenters. The van der Waals surface area contributed by atoms with Crippen LogP contribution in [0.3, 0.4) is 0 Å². The minimum Gasteiger partial charge on any atom is -0.485 e. The van der Waals surface area contributed by atoms with E-state index in [4.69, 9.17) is 9.47 Å². The predicted molar refractivity (Wildman–Crippen MR) is 115 cm³/mol. The van der Waals surface area contributed by atoms with Crippen LogP contribution >= 0.6 is 11.3 Å². The van der Waals surface area contributed by atoms with Crippen molar-refractivity contribution in [3.8, 4) is 5.75 Å². The van der Waals surface area contributed by atoms with Gasteiger partial charge in [0.05, 0.1) is 12.7 Å². The Morgan fingerprint density at radius 2 is 2.03 bits per heavy atom. The molecule has 4 rings (SSSR count). The second-order valence-electron chi connectivity index (χ2n) is 7.17. The molecular formula is C23H23NO4S. The fourth-order valence-electron chi connectivity index (χ4n) is 3.74. The number of hydrogen-bond donors (Lipinski definition) is 1. The van der Waals surface area contributed by atoms with Crippen molar-refractivity contribution in [3.05, 3.63) is 63.6 Å². The zero-order chi connectivity index (χ0) is 20.4. The number of amides is 1. The van der Waals surface area contributed by atoms with Crippen LogP contribution in [-0.4, -0.2) is 25.1 Å². The largest absolute Gasteiger partial charge is 0.485 e. The first kappa shape index (κ1) is 19.5. The van der Waals surface area contributed by atoms with Gasteiger partial charge in [0.2, 0.25) is 5.91 Å². The van der Waals surface area contributed by atoms with Crippen LogP contribution in [-0.2, 0) is 22.4 Å². The number of para-hydroxylation sites is 1. The SMILES string of the molecule is COC(=O)c1c(NC(=O)/C=C/C2=Cc3ccccc3OC2C)sc2c1CCCC2. The molecule has 1 amide bonds. The van der Waals surface area contributed by atoms with Crippen LogP contribution in [0.25, 0.3) is 6.08 Å². The van der Waals surface area contributed by atoms with Gasteiger partial charge in [0.15, 0.2) is 0 Å². The molecule has 0 spiro atoms. The number of esters is 1. The molecule has 2 aliphatic rings. The topological polar surface area (TPSA) is 64.6 Å². The quantitative estimate of drug-likeness (QED) is 0.583. The molecule has 5 nitrogen and oxygen atoms in total. The molecule has 0 saturated heterocycles. The van der Waals surface area contributed by atoms with Crippen LogP contribution in [0.5, 0.6) is 5.75 Å². The summed E-state index contributed by atoms with van der Waals surface area (Å²) in [5, 5.41) is 3.46. The van der Waals surface area contributed by atoms with Crippen molar-refractivity contribution in [3.63, 3.8) is 0 Å². The summed E-state index contributed by atoms with van der Waals surface area (Å²) in [6.45, 7) is 1.95. The van der Waals surface area contributed by atoms with Gasteiger partial charge < -0.3 is 14.8 Å². The van der Waals surface area contributed by atoms with Crippen LogP contribution in [0.2, 0.25) is 0 Å². The van der Waals surface area contributed by atoms with Gasteiger partial charge >= 0.3 is 5.97 Å². The number of carbonyl (C=O) groups excluding carboxylic acids is 2. The van der Waals surface area contributed by atoms with Gasteiger partial charge in [-0.3, -0.25) is 4.79 Å². The van der Waals surface area contributed by atoms with Crippen LogP contribution in [0.1, 0.15) is 46.1 Å². The van der Waals surface area contributed by atoms with E-state index in [0.717, 1.165) is 48.1 Å². The maximum atomic E-state index is 12.6. The van der Waals surface area contributed by atoms with E-state index in [-0.39, 0.29) is 12.0 Å². The Morgan fingerprint density at radius 1 is 1.24 bits per heavy atom. The maximum Gasteiger partial charge on any atom is 0.341 e. The van der Waals surface area contributed by atoms with Crippen molar-refractivity contribution >= 4 is 34.3 Å². The molecule has 1 aromatic heterocycles. The number of rotatable bonds is 4. The predicted octanol–water partition coefficient (Wildman–Crippen LogP) is 4.77. The molecule has 1 aliphatic carbocycles. The minimum absolute atomic E-state index is 0.145. The Bertz CT molecular complexity index is 1020. The first-order valence-corrected chi connectivity index (χ1v) is 10.6. The number of aryl methyl sites for hydroxylation is 1. The minimum atomic E-state index is -0.391. The molecule has 0 fully saturated rings. The number of methoxy groups -OCH3 is 1. The number of thiophene rings is 1. The van der Waals surface area contributed by atoms with E-state index >= 15 is 0 Å². The molecule has 1 N–H and O–H groups in total. The Labute approximate surface area is 174 Å². The van der Waals surface area contributed by atoms with Crippen molar-refractivity contribution in [1.29, 1.82) is 0 Å². The van der Waals surface area contributed by atoms with Gasteiger partial charge in [0.25, 0.3) is 0 Å². The van der Waals surface area contributed by atoms with Gasteiger partial charge in [-0.25, -0.2) is 4.79 Å². The molecule has 0 radical (unpaired) electrons. The molecule has 150 valence electrons. The normalized spacial score (nSPS) is 17.7. The second-order valence-corrected chi connectivity index (χ2v) is 8.28. The molecule has 2 aromatic rings. The molecule has 6 heteroatoms. The number of nitrogens with one attached hydrogen (secondary N) is 1. The third-order valence-corrected chi connectivity index (χ3v) is 6.45. The number of hydrogen-bond acceptors (Lipinski definition) is 5. The van der Waals surface area contributed by atoms with Gasteiger partial charge in [-0.2, -0.15) is 0 Å². The van der Waals surface area contributed by atoms with Crippen LogP contribution in [0.15, 0.2) is 42.0 Å². The fourth-order valence-corrected chi connectivity index (χ4v) is 5.02. The Hall–Kier alpha value is -2.86. The average molecular weight is 410 g/mol. The summed E-state index contributed by atoms with van der Waals surface area (Å²) in [6, 6.07) is 7.80. The summed E-state index contributed by atoms with van der Waals surface area (Å²) in [5.41, 5.74) is 3.44. The number of benzene rings is 1. The molecule has 29 heavy (non-hydrogen) atoms. The number of fused-ring (bicyclic) bond motifs is 2. The number of anilines is 1. The molecular weight excluding hydrogens is 386 g/mol. The van der Waals surface area contributed by atoms with Gasteiger partial charge in [-0.15, -0.1) is 11.3 Å². The highest BCUT2D eigenvalue weighted by atomic mass is 32.1. The van der Waals surface area contributed by atoms with Crippen molar-refractivity contribution in [2.45, 2.75) is 38.7 Å². The zero-order valence-corrected chi connectivity index (χ0v) is 17.3. The Kier molecular flexibility index (Phi) is 5.53. The summed E-state index contributed by atoms with van der Waals surface area (Å²) in [7, 11) is 1.37. The van der Waals surface area contributed by atoms with Crippen molar-refractivity contribution in [2.75, 3.05) is 12.4 Å². The van der Waals surface area contributed by atoms with Gasteiger partial charge in [-0.1, -0.05) is 18.2 Å². The van der Waals surface area contributed by atoms with E-state index in [9.17, 15) is 9.59 Å². The van der Waals surface area contributed by atoms with Gasteiger partial charge in [0.1, 0.15) is 16.9 Å². The van der Waals surface area contributed by atoms with E-state index in [1.54, 1.807) is 6.08 Å². The lowest BCUT2D eigenvalue weighted by Crippen LogP contribution is -2.18. The second kappa shape index (κ2) is 8.25. The summed E-state index contributed by atoms with van der Waals surface area (Å²) >= 11 is 1.48. The van der Waals surface area contributed by atoms with E-state index in [2.05, 4.69) is 5.32 Å². The molecule has 1 atom stereocenters. The molecule has 1 aliphatic heterocycles. The van der Waals surface area contributed by atoms with Crippen LogP contribution in [0, 0.1) is 0 Å². The summed E-state index contributed by atoms with van der Waals surface area (Å²) in [4.78, 5) is 26.0. The third kappa shape index (κ3) is 3.98. The van der Waals surface area contributed by atoms with E-state index < -0.39 is 5.97 Å². The average Bonchev–Trinajstić information content (AvgIpc) is 3.09.